The number of rotatable bonds is 3. The van der Waals surface area contributed by atoms with E-state index in [4.69, 9.17) is 4.42 Å². The number of ketones is 1. The average Bonchev–Trinajstić information content (AvgIpc) is 2.76. The number of aromatic nitrogens is 1. The lowest BCUT2D eigenvalue weighted by Gasteiger charge is -1.99. The summed E-state index contributed by atoms with van der Waals surface area (Å²) in [7, 11) is 0. The predicted octanol–water partition coefficient (Wildman–Crippen LogP) is 2.61. The number of hydrogen-bond acceptors (Lipinski definition) is 3. The van der Waals surface area contributed by atoms with Gasteiger partial charge in [-0.2, -0.15) is 0 Å². The number of hydrogen-bond donors (Lipinski definition) is 0. The lowest BCUT2D eigenvalue weighted by atomic mass is 10.0. The first-order chi connectivity index (χ1) is 7.72. The highest BCUT2D eigenvalue weighted by Gasteiger charge is 2.15. The van der Waals surface area contributed by atoms with Crippen LogP contribution in [0.1, 0.15) is 28.6 Å². The smallest absolute Gasteiger partial charge is 0.198 e. The molecule has 82 valence electrons. The van der Waals surface area contributed by atoms with Gasteiger partial charge >= 0.3 is 0 Å². The number of carbonyl (C=O) groups excluding carboxylic acids is 1. The molecule has 0 aliphatic rings. The standard InChI is InChI=1S/C12H10FNO2/c1-2-11-10(3-4-16-11)12(15)8-5-9(13)7-14-6-8/h3-7H,2H2,1H3. The molecule has 0 saturated carbocycles. The number of pyridine rings is 1. The first-order valence-electron chi connectivity index (χ1n) is 4.94. The van der Waals surface area contributed by atoms with Crippen LogP contribution in [-0.4, -0.2) is 10.8 Å². The van der Waals surface area contributed by atoms with Crippen LogP contribution in [0.25, 0.3) is 0 Å². The maximum atomic E-state index is 12.9. The second-order valence-corrected chi connectivity index (χ2v) is 3.33. The summed E-state index contributed by atoms with van der Waals surface area (Å²) in [6.07, 6.45) is 4.49. The largest absolute Gasteiger partial charge is 0.469 e. The number of furan rings is 1. The first-order valence-corrected chi connectivity index (χ1v) is 4.94. The van der Waals surface area contributed by atoms with Crippen LogP contribution in [0.3, 0.4) is 0 Å². The number of carbonyl (C=O) groups is 1. The normalized spacial score (nSPS) is 10.4. The molecule has 0 unspecified atom stereocenters. The van der Waals surface area contributed by atoms with Crippen molar-refractivity contribution >= 4 is 5.78 Å². The Balaban J connectivity index is 2.39. The van der Waals surface area contributed by atoms with Gasteiger partial charge in [0, 0.05) is 18.2 Å². The van der Waals surface area contributed by atoms with Crippen LogP contribution >= 0.6 is 0 Å². The summed E-state index contributed by atoms with van der Waals surface area (Å²) in [6, 6.07) is 2.76. The van der Waals surface area contributed by atoms with E-state index in [-0.39, 0.29) is 11.3 Å². The van der Waals surface area contributed by atoms with Gasteiger partial charge < -0.3 is 4.42 Å². The van der Waals surface area contributed by atoms with E-state index in [1.165, 1.54) is 18.5 Å². The van der Waals surface area contributed by atoms with Crippen molar-refractivity contribution in [3.63, 3.8) is 0 Å². The second-order valence-electron chi connectivity index (χ2n) is 3.33. The van der Waals surface area contributed by atoms with Gasteiger partial charge in [0.25, 0.3) is 0 Å². The molecule has 0 atom stereocenters. The van der Waals surface area contributed by atoms with Crippen molar-refractivity contribution in [2.24, 2.45) is 0 Å². The lowest BCUT2D eigenvalue weighted by Crippen LogP contribution is -2.03. The lowest BCUT2D eigenvalue weighted by molar-refractivity contribution is 0.103. The van der Waals surface area contributed by atoms with E-state index in [9.17, 15) is 9.18 Å². The Hall–Kier alpha value is -1.97. The van der Waals surface area contributed by atoms with Crippen LogP contribution in [0.2, 0.25) is 0 Å². The van der Waals surface area contributed by atoms with Crippen molar-refractivity contribution in [2.45, 2.75) is 13.3 Å². The first kappa shape index (κ1) is 10.5. The number of nitrogens with zero attached hydrogens (tertiary/aromatic N) is 1. The average molecular weight is 219 g/mol. The minimum absolute atomic E-state index is 0.233. The van der Waals surface area contributed by atoms with Gasteiger partial charge in [-0.3, -0.25) is 9.78 Å². The molecule has 3 nitrogen and oxygen atoms in total. The molecule has 0 aromatic carbocycles. The van der Waals surface area contributed by atoms with Crippen LogP contribution in [0.5, 0.6) is 0 Å². The highest BCUT2D eigenvalue weighted by Crippen LogP contribution is 2.16. The Bertz CT molecular complexity index is 519. The molecule has 0 aliphatic carbocycles. The molecule has 2 rings (SSSR count). The highest BCUT2D eigenvalue weighted by molar-refractivity contribution is 6.09. The molecular formula is C12H10FNO2. The van der Waals surface area contributed by atoms with Gasteiger partial charge in [-0.15, -0.1) is 0 Å². The van der Waals surface area contributed by atoms with Crippen molar-refractivity contribution in [2.75, 3.05) is 0 Å². The Morgan fingerprint density at radius 3 is 3.00 bits per heavy atom. The number of halogens is 1. The molecule has 2 aromatic heterocycles. The van der Waals surface area contributed by atoms with Gasteiger partial charge in [-0.25, -0.2) is 4.39 Å². The summed E-state index contributed by atoms with van der Waals surface area (Å²) in [6.45, 7) is 1.89. The summed E-state index contributed by atoms with van der Waals surface area (Å²) in [5.41, 5.74) is 0.700. The Morgan fingerprint density at radius 2 is 2.31 bits per heavy atom. The van der Waals surface area contributed by atoms with Crippen LogP contribution in [0, 0.1) is 5.82 Å². The SMILES string of the molecule is CCc1occc1C(=O)c1cncc(F)c1. The Morgan fingerprint density at radius 1 is 1.50 bits per heavy atom. The van der Waals surface area contributed by atoms with Crippen molar-refractivity contribution < 1.29 is 13.6 Å². The molecule has 0 N–H and O–H groups in total. The van der Waals surface area contributed by atoms with Gasteiger partial charge in [-0.1, -0.05) is 6.92 Å². The van der Waals surface area contributed by atoms with Gasteiger partial charge in [0.15, 0.2) is 5.78 Å². The van der Waals surface area contributed by atoms with E-state index in [0.717, 1.165) is 6.20 Å². The molecule has 0 saturated heterocycles. The van der Waals surface area contributed by atoms with Crippen molar-refractivity contribution in [1.29, 1.82) is 0 Å². The molecule has 4 heteroatoms. The second kappa shape index (κ2) is 4.26. The van der Waals surface area contributed by atoms with Crippen LogP contribution < -0.4 is 0 Å². The van der Waals surface area contributed by atoms with E-state index < -0.39 is 5.82 Å². The predicted molar refractivity (Wildman–Crippen MR) is 55.7 cm³/mol. The Kier molecular flexibility index (Phi) is 2.81. The van der Waals surface area contributed by atoms with Gasteiger partial charge in [0.05, 0.1) is 18.0 Å². The van der Waals surface area contributed by atoms with Gasteiger partial charge in [0.1, 0.15) is 11.6 Å². The zero-order valence-corrected chi connectivity index (χ0v) is 8.74. The zero-order valence-electron chi connectivity index (χ0n) is 8.74. The van der Waals surface area contributed by atoms with Crippen LogP contribution in [-0.2, 0) is 6.42 Å². The van der Waals surface area contributed by atoms with Crippen LogP contribution in [0.4, 0.5) is 4.39 Å². The van der Waals surface area contributed by atoms with Gasteiger partial charge in [-0.05, 0) is 12.1 Å². The summed E-state index contributed by atoms with van der Waals surface area (Å²) >= 11 is 0. The maximum absolute atomic E-state index is 12.9. The summed E-state index contributed by atoms with van der Waals surface area (Å²) in [4.78, 5) is 15.6. The molecule has 0 radical (unpaired) electrons. The molecule has 0 fully saturated rings. The zero-order chi connectivity index (χ0) is 11.5. The molecule has 2 heterocycles. The van der Waals surface area contributed by atoms with E-state index in [1.54, 1.807) is 6.07 Å². The summed E-state index contributed by atoms with van der Waals surface area (Å²) in [5.74, 6) is -0.181. The summed E-state index contributed by atoms with van der Waals surface area (Å²) in [5, 5.41) is 0. The molecular weight excluding hydrogens is 209 g/mol. The minimum Gasteiger partial charge on any atom is -0.469 e. The fourth-order valence-electron chi connectivity index (χ4n) is 1.51. The van der Waals surface area contributed by atoms with Crippen molar-refractivity contribution in [3.8, 4) is 0 Å². The molecule has 0 bridgehead atoms. The monoisotopic (exact) mass is 219 g/mol. The molecule has 0 amide bonds. The fourth-order valence-corrected chi connectivity index (χ4v) is 1.51. The third-order valence-corrected chi connectivity index (χ3v) is 2.28. The quantitative estimate of drug-likeness (QED) is 0.745. The fraction of sp³-hybridized carbons (Fsp3) is 0.167. The van der Waals surface area contributed by atoms with Gasteiger partial charge in [0.2, 0.25) is 0 Å². The topological polar surface area (TPSA) is 43.1 Å². The van der Waals surface area contributed by atoms with E-state index in [2.05, 4.69) is 4.98 Å². The van der Waals surface area contributed by atoms with Crippen molar-refractivity contribution in [3.05, 3.63) is 53.5 Å². The van der Waals surface area contributed by atoms with E-state index >= 15 is 0 Å². The van der Waals surface area contributed by atoms with E-state index in [0.29, 0.717) is 17.7 Å². The third kappa shape index (κ3) is 1.86. The molecule has 0 spiro atoms. The summed E-state index contributed by atoms with van der Waals surface area (Å²) < 4.78 is 18.1. The maximum Gasteiger partial charge on any atom is 0.198 e. The molecule has 0 aliphatic heterocycles. The van der Waals surface area contributed by atoms with E-state index in [1.807, 2.05) is 6.92 Å². The number of aryl methyl sites for hydroxylation is 1. The van der Waals surface area contributed by atoms with Crippen molar-refractivity contribution in [1.82, 2.24) is 4.98 Å². The highest BCUT2D eigenvalue weighted by atomic mass is 19.1. The molecule has 2 aromatic rings. The van der Waals surface area contributed by atoms with Crippen LogP contribution in [0.15, 0.2) is 35.2 Å². The Labute approximate surface area is 91.9 Å². The minimum atomic E-state index is -0.521. The third-order valence-electron chi connectivity index (χ3n) is 2.28. The molecule has 16 heavy (non-hydrogen) atoms.